The highest BCUT2D eigenvalue weighted by atomic mass is 32.2. The van der Waals surface area contributed by atoms with Crippen LogP contribution in [0.25, 0.3) is 0 Å². The second-order valence-corrected chi connectivity index (χ2v) is 5.75. The second-order valence-electron chi connectivity index (χ2n) is 3.86. The fourth-order valence-electron chi connectivity index (χ4n) is 1.46. The molecule has 1 unspecified atom stereocenters. The highest BCUT2D eigenvalue weighted by Crippen LogP contribution is 2.26. The van der Waals surface area contributed by atoms with Crippen LogP contribution in [-0.2, 0) is 9.84 Å². The third kappa shape index (κ3) is 3.39. The summed E-state index contributed by atoms with van der Waals surface area (Å²) in [5.74, 6) is -3.45. The number of aliphatic hydroxyl groups is 1. The van der Waals surface area contributed by atoms with Gasteiger partial charge in [-0.25, -0.2) is 8.42 Å². The van der Waals surface area contributed by atoms with E-state index in [-0.39, 0.29) is 18.3 Å². The van der Waals surface area contributed by atoms with Crippen LogP contribution >= 0.6 is 0 Å². The lowest BCUT2D eigenvalue weighted by molar-refractivity contribution is 0.235. The van der Waals surface area contributed by atoms with Crippen molar-refractivity contribution in [3.05, 3.63) is 24.3 Å². The number of rotatable bonds is 6. The maximum absolute atomic E-state index is 12.5. The molecule has 0 amide bonds. The van der Waals surface area contributed by atoms with Crippen LogP contribution < -0.4 is 5.32 Å². The van der Waals surface area contributed by atoms with Gasteiger partial charge in [0.15, 0.2) is 0 Å². The van der Waals surface area contributed by atoms with Gasteiger partial charge in [0, 0.05) is 12.6 Å². The Balaban J connectivity index is 3.08. The molecule has 0 aliphatic rings. The van der Waals surface area contributed by atoms with Crippen LogP contribution in [0.2, 0.25) is 0 Å². The highest BCUT2D eigenvalue weighted by molar-refractivity contribution is 7.91. The van der Waals surface area contributed by atoms with Crippen molar-refractivity contribution in [1.82, 2.24) is 0 Å². The standard InChI is InChI=1S/C11H15F2NO3S/c1-8(6-7-15)14-9-4-2-3-5-10(9)18(16,17)11(12)13/h2-5,8,11,14-15H,6-7H2,1H3. The van der Waals surface area contributed by atoms with Crippen molar-refractivity contribution in [2.24, 2.45) is 0 Å². The van der Waals surface area contributed by atoms with E-state index >= 15 is 0 Å². The Morgan fingerprint density at radius 2 is 1.94 bits per heavy atom. The summed E-state index contributed by atoms with van der Waals surface area (Å²) in [4.78, 5) is -0.426. The van der Waals surface area contributed by atoms with Crippen LogP contribution in [0.15, 0.2) is 29.2 Å². The van der Waals surface area contributed by atoms with Crippen LogP contribution in [0, 0.1) is 0 Å². The smallest absolute Gasteiger partial charge is 0.341 e. The van der Waals surface area contributed by atoms with Crippen molar-refractivity contribution in [3.63, 3.8) is 0 Å². The molecule has 0 aliphatic heterocycles. The molecule has 102 valence electrons. The molecule has 0 aliphatic carbocycles. The molecule has 0 bridgehead atoms. The zero-order valence-electron chi connectivity index (χ0n) is 9.81. The first-order valence-corrected chi connectivity index (χ1v) is 6.92. The predicted molar refractivity (Wildman–Crippen MR) is 64.4 cm³/mol. The maximum atomic E-state index is 12.5. The van der Waals surface area contributed by atoms with Gasteiger partial charge in [0.05, 0.1) is 10.6 Å². The third-order valence-electron chi connectivity index (χ3n) is 2.39. The van der Waals surface area contributed by atoms with E-state index < -0.39 is 20.5 Å². The topological polar surface area (TPSA) is 66.4 Å². The van der Waals surface area contributed by atoms with Crippen LogP contribution in [0.3, 0.4) is 0 Å². The lowest BCUT2D eigenvalue weighted by atomic mass is 10.2. The summed E-state index contributed by atoms with van der Waals surface area (Å²) in [7, 11) is -4.63. The summed E-state index contributed by atoms with van der Waals surface area (Å²) in [5.41, 5.74) is 0.124. The number of sulfone groups is 1. The zero-order chi connectivity index (χ0) is 13.8. The fourth-order valence-corrected chi connectivity index (χ4v) is 2.35. The average Bonchev–Trinajstić information content (AvgIpc) is 2.29. The van der Waals surface area contributed by atoms with Gasteiger partial charge in [-0.3, -0.25) is 0 Å². The van der Waals surface area contributed by atoms with E-state index in [9.17, 15) is 17.2 Å². The molecule has 0 saturated heterocycles. The van der Waals surface area contributed by atoms with Gasteiger partial charge < -0.3 is 10.4 Å². The van der Waals surface area contributed by atoms with E-state index in [0.29, 0.717) is 6.42 Å². The quantitative estimate of drug-likeness (QED) is 0.834. The zero-order valence-corrected chi connectivity index (χ0v) is 10.6. The summed E-state index contributed by atoms with van der Waals surface area (Å²) in [6, 6.07) is 5.28. The summed E-state index contributed by atoms with van der Waals surface area (Å²) in [6.07, 6.45) is 0.392. The number of hydrogen-bond acceptors (Lipinski definition) is 4. The van der Waals surface area contributed by atoms with Gasteiger partial charge in [-0.2, -0.15) is 8.78 Å². The molecule has 0 heterocycles. The van der Waals surface area contributed by atoms with Crippen molar-refractivity contribution < 1.29 is 22.3 Å². The van der Waals surface area contributed by atoms with E-state index in [1.54, 1.807) is 13.0 Å². The van der Waals surface area contributed by atoms with Crippen molar-refractivity contribution in [3.8, 4) is 0 Å². The molecule has 0 aromatic heterocycles. The molecular formula is C11H15F2NO3S. The highest BCUT2D eigenvalue weighted by Gasteiger charge is 2.29. The molecule has 1 atom stereocenters. The van der Waals surface area contributed by atoms with Crippen LogP contribution in [0.1, 0.15) is 13.3 Å². The summed E-state index contributed by atoms with van der Waals surface area (Å²) < 4.78 is 47.9. The van der Waals surface area contributed by atoms with E-state index in [1.807, 2.05) is 0 Å². The second kappa shape index (κ2) is 6.10. The van der Waals surface area contributed by atoms with E-state index in [2.05, 4.69) is 5.32 Å². The fraction of sp³-hybridized carbons (Fsp3) is 0.455. The monoisotopic (exact) mass is 279 g/mol. The van der Waals surface area contributed by atoms with Crippen LogP contribution in [0.5, 0.6) is 0 Å². The molecule has 2 N–H and O–H groups in total. The first kappa shape index (κ1) is 14.8. The molecule has 7 heteroatoms. The molecular weight excluding hydrogens is 264 g/mol. The van der Waals surface area contributed by atoms with Gasteiger partial charge in [0.1, 0.15) is 0 Å². The molecule has 1 aromatic carbocycles. The minimum absolute atomic E-state index is 0.0715. The molecule has 18 heavy (non-hydrogen) atoms. The minimum Gasteiger partial charge on any atom is -0.396 e. The number of hydrogen-bond donors (Lipinski definition) is 2. The number of benzene rings is 1. The third-order valence-corrected chi connectivity index (χ3v) is 3.83. The SMILES string of the molecule is CC(CCO)Nc1ccccc1S(=O)(=O)C(F)F. The first-order chi connectivity index (χ1) is 8.39. The van der Waals surface area contributed by atoms with Gasteiger partial charge in [-0.05, 0) is 25.5 Å². The average molecular weight is 279 g/mol. The molecule has 0 radical (unpaired) electrons. The first-order valence-electron chi connectivity index (χ1n) is 5.38. The summed E-state index contributed by atoms with van der Waals surface area (Å²) in [5, 5.41) is 11.6. The molecule has 1 aromatic rings. The molecule has 4 nitrogen and oxygen atoms in total. The number of nitrogens with one attached hydrogen (secondary N) is 1. The number of anilines is 1. The largest absolute Gasteiger partial charge is 0.396 e. The van der Waals surface area contributed by atoms with Gasteiger partial charge in [-0.1, -0.05) is 12.1 Å². The lowest BCUT2D eigenvalue weighted by Crippen LogP contribution is -2.20. The Hall–Kier alpha value is -1.21. The Morgan fingerprint density at radius 3 is 2.50 bits per heavy atom. The van der Waals surface area contributed by atoms with E-state index in [0.717, 1.165) is 6.07 Å². The molecule has 1 rings (SSSR count). The number of alkyl halides is 2. The predicted octanol–water partition coefficient (Wildman–Crippen LogP) is 1.87. The molecule has 0 saturated carbocycles. The normalized spacial score (nSPS) is 13.6. The number of para-hydroxylation sites is 1. The van der Waals surface area contributed by atoms with E-state index in [1.165, 1.54) is 12.1 Å². The molecule has 0 fully saturated rings. The van der Waals surface area contributed by atoms with Gasteiger partial charge in [0.2, 0.25) is 9.84 Å². The lowest BCUT2D eigenvalue weighted by Gasteiger charge is -2.17. The van der Waals surface area contributed by atoms with Crippen LogP contribution in [-0.4, -0.2) is 31.9 Å². The van der Waals surface area contributed by atoms with Crippen molar-refractivity contribution in [2.75, 3.05) is 11.9 Å². The Morgan fingerprint density at radius 1 is 1.33 bits per heavy atom. The van der Waals surface area contributed by atoms with Crippen LogP contribution in [0.4, 0.5) is 14.5 Å². The summed E-state index contributed by atoms with van der Waals surface area (Å²) >= 11 is 0. The van der Waals surface area contributed by atoms with Crippen molar-refractivity contribution in [1.29, 1.82) is 0 Å². The number of aliphatic hydroxyl groups excluding tert-OH is 1. The summed E-state index contributed by atoms with van der Waals surface area (Å²) in [6.45, 7) is 1.65. The Kier molecular flexibility index (Phi) is 5.03. The van der Waals surface area contributed by atoms with Crippen molar-refractivity contribution in [2.45, 2.75) is 30.0 Å². The molecule has 0 spiro atoms. The van der Waals surface area contributed by atoms with E-state index in [4.69, 9.17) is 5.11 Å². The van der Waals surface area contributed by atoms with Gasteiger partial charge in [-0.15, -0.1) is 0 Å². The number of halogens is 2. The van der Waals surface area contributed by atoms with Gasteiger partial charge >= 0.3 is 5.76 Å². The Labute approximate surface area is 105 Å². The minimum atomic E-state index is -4.63. The maximum Gasteiger partial charge on any atom is 0.341 e. The van der Waals surface area contributed by atoms with Gasteiger partial charge in [0.25, 0.3) is 0 Å². The van der Waals surface area contributed by atoms with Crippen molar-refractivity contribution >= 4 is 15.5 Å². The Bertz CT molecular complexity index is 491.